The van der Waals surface area contributed by atoms with E-state index < -0.39 is 36.0 Å². The van der Waals surface area contributed by atoms with E-state index in [2.05, 4.69) is 15.3 Å². The standard InChI is InChI=1S/C19H26N4O7/c1-11(2)17(22-23-20)18(26)21-16(19(27)28)8-13-4-6-14(7-5-13)30-15(9-24)10-29-12(3)25/h4-7,11,15-17,24H,8-10H2,1-3H3,(H,21,26)(H,27,28)/t15?,16?,17-/m0/s1. The average molecular weight is 422 g/mol. The zero-order chi connectivity index (χ0) is 22.7. The number of nitrogens with one attached hydrogen (secondary N) is 1. The SMILES string of the molecule is CC(=O)OCC(CO)Oc1ccc(CC(NC(=O)[C@@H](N=[N+]=[N-])C(C)C)C(=O)O)cc1. The number of carbonyl (C=O) groups is 3. The summed E-state index contributed by atoms with van der Waals surface area (Å²) in [5, 5.41) is 24.5. The molecule has 0 fully saturated rings. The molecule has 0 aromatic heterocycles. The number of aliphatic hydroxyl groups excluding tert-OH is 1. The number of esters is 1. The fraction of sp³-hybridized carbons (Fsp3) is 0.526. The fourth-order valence-corrected chi connectivity index (χ4v) is 2.47. The van der Waals surface area contributed by atoms with Gasteiger partial charge in [-0.05, 0) is 29.1 Å². The minimum atomic E-state index is -1.23. The molecule has 11 heteroatoms. The summed E-state index contributed by atoms with van der Waals surface area (Å²) >= 11 is 0. The predicted molar refractivity (Wildman–Crippen MR) is 106 cm³/mol. The number of aliphatic carboxylic acids is 1. The minimum absolute atomic E-state index is 0.000682. The molecule has 11 nitrogen and oxygen atoms in total. The zero-order valence-electron chi connectivity index (χ0n) is 17.0. The number of rotatable bonds is 12. The molecule has 0 spiro atoms. The highest BCUT2D eigenvalue weighted by atomic mass is 16.6. The van der Waals surface area contributed by atoms with Crippen molar-refractivity contribution in [1.29, 1.82) is 0 Å². The Labute approximate surface area is 173 Å². The highest BCUT2D eigenvalue weighted by Crippen LogP contribution is 2.16. The number of azide groups is 1. The molecule has 0 saturated carbocycles. The molecule has 0 bridgehead atoms. The van der Waals surface area contributed by atoms with Crippen molar-refractivity contribution in [1.82, 2.24) is 5.32 Å². The number of hydrogen-bond donors (Lipinski definition) is 3. The van der Waals surface area contributed by atoms with Gasteiger partial charge in [-0.2, -0.15) is 0 Å². The van der Waals surface area contributed by atoms with Gasteiger partial charge < -0.3 is 25.0 Å². The molecule has 1 aromatic rings. The van der Waals surface area contributed by atoms with Gasteiger partial charge in [-0.1, -0.05) is 31.1 Å². The number of nitrogens with zero attached hydrogens (tertiary/aromatic N) is 3. The molecule has 3 atom stereocenters. The Hall–Kier alpha value is -3.30. The summed E-state index contributed by atoms with van der Waals surface area (Å²) in [4.78, 5) is 37.3. The maximum atomic E-state index is 12.3. The molecule has 2 unspecified atom stereocenters. The van der Waals surface area contributed by atoms with Crippen LogP contribution in [0.4, 0.5) is 0 Å². The zero-order valence-corrected chi connectivity index (χ0v) is 17.0. The third-order valence-corrected chi connectivity index (χ3v) is 4.03. The number of carboxylic acids is 1. The average Bonchev–Trinajstić information content (AvgIpc) is 2.69. The van der Waals surface area contributed by atoms with E-state index in [1.807, 2.05) is 0 Å². The molecule has 0 radical (unpaired) electrons. The van der Waals surface area contributed by atoms with Crippen LogP contribution in [0, 0.1) is 5.92 Å². The summed E-state index contributed by atoms with van der Waals surface area (Å²) in [5.74, 6) is -2.28. The van der Waals surface area contributed by atoms with Crippen LogP contribution < -0.4 is 10.1 Å². The fourth-order valence-electron chi connectivity index (χ4n) is 2.47. The van der Waals surface area contributed by atoms with Crippen LogP contribution in [0.2, 0.25) is 0 Å². The first-order valence-corrected chi connectivity index (χ1v) is 9.25. The quantitative estimate of drug-likeness (QED) is 0.198. The number of aliphatic hydroxyl groups is 1. The molecular weight excluding hydrogens is 396 g/mol. The van der Waals surface area contributed by atoms with Gasteiger partial charge in [0.1, 0.15) is 24.4 Å². The van der Waals surface area contributed by atoms with Crippen LogP contribution in [0.5, 0.6) is 5.75 Å². The van der Waals surface area contributed by atoms with Crippen molar-refractivity contribution < 1.29 is 34.1 Å². The Bertz CT molecular complexity index is 776. The molecule has 30 heavy (non-hydrogen) atoms. The topological polar surface area (TPSA) is 171 Å². The first-order valence-electron chi connectivity index (χ1n) is 9.25. The Kier molecular flexibility index (Phi) is 10.1. The maximum Gasteiger partial charge on any atom is 0.326 e. The number of carboxylic acid groups (broad SMARTS) is 1. The van der Waals surface area contributed by atoms with Crippen LogP contribution in [0.15, 0.2) is 29.4 Å². The number of carbonyl (C=O) groups excluding carboxylic acids is 2. The van der Waals surface area contributed by atoms with Crippen molar-refractivity contribution in [3.63, 3.8) is 0 Å². The third-order valence-electron chi connectivity index (χ3n) is 4.03. The minimum Gasteiger partial charge on any atom is -0.484 e. The second kappa shape index (κ2) is 12.3. The summed E-state index contributed by atoms with van der Waals surface area (Å²) in [6.07, 6.45) is -0.737. The van der Waals surface area contributed by atoms with E-state index in [0.717, 1.165) is 0 Å². The van der Waals surface area contributed by atoms with Crippen molar-refractivity contribution in [2.45, 2.75) is 45.4 Å². The van der Waals surface area contributed by atoms with E-state index in [1.54, 1.807) is 38.1 Å². The number of hydrogen-bond acceptors (Lipinski definition) is 7. The lowest BCUT2D eigenvalue weighted by atomic mass is 10.0. The lowest BCUT2D eigenvalue weighted by molar-refractivity contribution is -0.144. The summed E-state index contributed by atoms with van der Waals surface area (Å²) in [6.45, 7) is 4.16. The van der Waals surface area contributed by atoms with Gasteiger partial charge in [0, 0.05) is 18.3 Å². The Morgan fingerprint density at radius 1 is 1.23 bits per heavy atom. The highest BCUT2D eigenvalue weighted by molar-refractivity contribution is 5.87. The van der Waals surface area contributed by atoms with E-state index in [-0.39, 0.29) is 25.6 Å². The van der Waals surface area contributed by atoms with Crippen LogP contribution in [0.1, 0.15) is 26.3 Å². The van der Waals surface area contributed by atoms with E-state index in [9.17, 15) is 24.6 Å². The predicted octanol–water partition coefficient (Wildman–Crippen LogP) is 1.44. The van der Waals surface area contributed by atoms with Crippen molar-refractivity contribution in [2.24, 2.45) is 11.0 Å². The monoisotopic (exact) mass is 422 g/mol. The molecule has 1 rings (SSSR count). The normalized spacial score (nSPS) is 13.5. The van der Waals surface area contributed by atoms with E-state index >= 15 is 0 Å². The van der Waals surface area contributed by atoms with E-state index in [4.69, 9.17) is 15.0 Å². The van der Waals surface area contributed by atoms with Crippen molar-refractivity contribution in [3.05, 3.63) is 40.3 Å². The van der Waals surface area contributed by atoms with Gasteiger partial charge in [0.25, 0.3) is 0 Å². The number of benzene rings is 1. The highest BCUT2D eigenvalue weighted by Gasteiger charge is 2.27. The second-order valence-corrected chi connectivity index (χ2v) is 6.87. The van der Waals surface area contributed by atoms with Gasteiger partial charge in [-0.25, -0.2) is 4.79 Å². The Balaban J connectivity index is 2.78. The van der Waals surface area contributed by atoms with Crippen molar-refractivity contribution >= 4 is 17.8 Å². The number of ether oxygens (including phenoxy) is 2. The van der Waals surface area contributed by atoms with Gasteiger partial charge in [0.2, 0.25) is 5.91 Å². The second-order valence-electron chi connectivity index (χ2n) is 6.87. The molecule has 1 amide bonds. The van der Waals surface area contributed by atoms with E-state index in [0.29, 0.717) is 11.3 Å². The summed E-state index contributed by atoms with van der Waals surface area (Å²) in [7, 11) is 0. The molecule has 0 aliphatic carbocycles. The summed E-state index contributed by atoms with van der Waals surface area (Å²) in [6, 6.07) is 4.15. The molecule has 0 aliphatic rings. The molecule has 1 aromatic carbocycles. The smallest absolute Gasteiger partial charge is 0.326 e. The molecular formula is C19H26N4O7. The van der Waals surface area contributed by atoms with Crippen LogP contribution in [0.3, 0.4) is 0 Å². The van der Waals surface area contributed by atoms with Gasteiger partial charge in [-0.3, -0.25) is 9.59 Å². The summed E-state index contributed by atoms with van der Waals surface area (Å²) < 4.78 is 10.3. The Morgan fingerprint density at radius 2 is 1.87 bits per heavy atom. The van der Waals surface area contributed by atoms with Gasteiger partial charge in [0.15, 0.2) is 6.10 Å². The van der Waals surface area contributed by atoms with Crippen molar-refractivity contribution in [3.8, 4) is 5.75 Å². The van der Waals surface area contributed by atoms with Crippen LogP contribution in [0.25, 0.3) is 10.4 Å². The van der Waals surface area contributed by atoms with Crippen LogP contribution >= 0.6 is 0 Å². The lowest BCUT2D eigenvalue weighted by Gasteiger charge is -2.20. The molecule has 0 aliphatic heterocycles. The molecule has 0 saturated heterocycles. The third kappa shape index (κ3) is 8.38. The molecule has 164 valence electrons. The molecule has 3 N–H and O–H groups in total. The largest absolute Gasteiger partial charge is 0.484 e. The van der Waals surface area contributed by atoms with Gasteiger partial charge in [0.05, 0.1) is 6.61 Å². The summed E-state index contributed by atoms with van der Waals surface area (Å²) in [5.41, 5.74) is 9.20. The first kappa shape index (κ1) is 24.7. The van der Waals surface area contributed by atoms with Crippen LogP contribution in [-0.4, -0.2) is 59.5 Å². The first-order chi connectivity index (χ1) is 14.2. The van der Waals surface area contributed by atoms with Crippen molar-refractivity contribution in [2.75, 3.05) is 13.2 Å². The van der Waals surface area contributed by atoms with Gasteiger partial charge >= 0.3 is 11.9 Å². The molecule has 0 heterocycles. The lowest BCUT2D eigenvalue weighted by Crippen LogP contribution is -2.47. The van der Waals surface area contributed by atoms with Crippen LogP contribution in [-0.2, 0) is 25.5 Å². The maximum absolute atomic E-state index is 12.3. The number of amides is 1. The van der Waals surface area contributed by atoms with E-state index in [1.165, 1.54) is 6.92 Å². The van der Waals surface area contributed by atoms with Gasteiger partial charge in [-0.15, -0.1) is 0 Å². The Morgan fingerprint density at radius 3 is 2.33 bits per heavy atom.